The molecule has 0 bridgehead atoms. The largest absolute Gasteiger partial charge is 0.479 e. The zero-order chi connectivity index (χ0) is 74.8. The van der Waals surface area contributed by atoms with E-state index in [2.05, 4.69) is 20.1 Å². The Bertz CT molecular complexity index is 3190. The predicted molar refractivity (Wildman–Crippen MR) is 330 cm³/mol. The van der Waals surface area contributed by atoms with Crippen LogP contribution in [0.15, 0.2) is 60.7 Å². The van der Waals surface area contributed by atoms with Crippen molar-refractivity contribution in [2.45, 2.75) is 179 Å². The molecule has 3 amide bonds. The van der Waals surface area contributed by atoms with Gasteiger partial charge in [-0.15, -0.1) is 0 Å². The van der Waals surface area contributed by atoms with Gasteiger partial charge in [0.15, 0.2) is 37.4 Å². The summed E-state index contributed by atoms with van der Waals surface area (Å²) >= 11 is 0. The maximum Gasteiger partial charge on any atom is 0.408 e. The fraction of sp³-hybridized carbons (Fsp3) is 0.712. The van der Waals surface area contributed by atoms with Crippen molar-refractivity contribution in [1.82, 2.24) is 16.0 Å². The van der Waals surface area contributed by atoms with E-state index in [4.69, 9.17) is 94.2 Å². The summed E-state index contributed by atoms with van der Waals surface area (Å²) < 4.78 is 190. The van der Waals surface area contributed by atoms with Gasteiger partial charge in [-0.05, 0) is 17.5 Å². The molecule has 578 valence electrons. The van der Waals surface area contributed by atoms with Crippen LogP contribution in [0.2, 0.25) is 0 Å². The molecule has 5 fully saturated rings. The molecule has 0 aromatic heterocycles. The van der Waals surface area contributed by atoms with Gasteiger partial charge in [0.25, 0.3) is 0 Å². The Morgan fingerprint density at radius 1 is 0.461 bits per heavy atom. The highest BCUT2D eigenvalue weighted by Crippen LogP contribution is 2.40. The number of aliphatic carboxylic acids is 2. The molecule has 5 aliphatic rings. The molecule has 2 aromatic rings. The summed E-state index contributed by atoms with van der Waals surface area (Å²) in [5.41, 5.74) is 1.21. The third-order valence-electron chi connectivity index (χ3n) is 17.0. The average Bonchev–Trinajstić information content (AvgIpc) is 0.767. The molecular weight excluding hydrogens is 1420 g/mol. The third-order valence-corrected chi connectivity index (χ3v) is 17.9. The first-order valence-corrected chi connectivity index (χ1v) is 34.0. The lowest BCUT2D eigenvalue weighted by atomic mass is 9.92. The van der Waals surface area contributed by atoms with Gasteiger partial charge in [0.1, 0.15) is 129 Å². The van der Waals surface area contributed by atoms with Crippen LogP contribution in [0.3, 0.4) is 0 Å². The van der Waals surface area contributed by atoms with Gasteiger partial charge in [0, 0.05) is 63.4 Å². The summed E-state index contributed by atoms with van der Waals surface area (Å²) in [5.74, 6) is -4.50. The zero-order valence-electron chi connectivity index (χ0n) is 56.1. The lowest BCUT2D eigenvalue weighted by Crippen LogP contribution is -2.69. The van der Waals surface area contributed by atoms with E-state index in [1.165, 1.54) is 28.4 Å². The van der Waals surface area contributed by atoms with Crippen LogP contribution in [0, 0.1) is 0 Å². The molecule has 0 spiro atoms. The van der Waals surface area contributed by atoms with Crippen molar-refractivity contribution in [2.75, 3.05) is 89.8 Å². The van der Waals surface area contributed by atoms with Gasteiger partial charge < -0.3 is 137 Å². The van der Waals surface area contributed by atoms with Gasteiger partial charge in [-0.3, -0.25) is 13.9 Å². The number of carbonyl (C=O) groups excluding carboxylic acids is 3. The van der Waals surface area contributed by atoms with Crippen molar-refractivity contribution >= 4 is 50.8 Å². The SMILES string of the molecule is CO[C@@H]1[C@@H](OC)[C@H](O[C@H]2[C@H](O)[C@@H](O)[C@@H](O[C@H]3[C@H](OC)[C@@H](OC)[C@H](O[C@H]4[C@H](OS(=O)(=O)O)[C@@H](OC)[C@@H](CCNC(=O)[C@@H](CNC(=O)OCc5ccccc5)NC(=O)OCc5ccccc5)O[C@@H]4COS(=O)(=O)O)O[C@H]3C(=O)O)O[C@@H]2CO)O[C@H](C(=O)O)[C@H]1O[C@H]1O[C@H](CO)[C@@H](OC)[C@H](OC)[C@H]1OC. The molecule has 2 aromatic carbocycles. The third kappa shape index (κ3) is 21.7. The summed E-state index contributed by atoms with van der Waals surface area (Å²) in [5, 5.41) is 73.1. The number of aliphatic hydroxyl groups excluding tert-OH is 4. The minimum Gasteiger partial charge on any atom is -0.479 e. The van der Waals surface area contributed by atoms with Crippen LogP contribution in [0.5, 0.6) is 0 Å². The number of rotatable bonds is 36. The Balaban J connectivity index is 1.08. The summed E-state index contributed by atoms with van der Waals surface area (Å²) in [6, 6.07) is 15.4. The normalized spacial score (nSPS) is 34.7. The monoisotopic (exact) mass is 1510 g/mol. The predicted octanol–water partition coefficient (Wildman–Crippen LogP) is -4.08. The number of nitrogens with one attached hydrogen (secondary N) is 3. The van der Waals surface area contributed by atoms with E-state index in [0.717, 1.165) is 28.4 Å². The van der Waals surface area contributed by atoms with Gasteiger partial charge in [-0.1, -0.05) is 60.7 Å². The first kappa shape index (κ1) is 83.6. The number of alkyl carbamates (subject to hydrolysis) is 2. The topological polar surface area (TPSA) is 545 Å². The molecule has 0 saturated carbocycles. The number of aliphatic hydroxyl groups is 4. The first-order valence-electron chi connectivity index (χ1n) is 31.2. The van der Waals surface area contributed by atoms with Crippen molar-refractivity contribution in [3.8, 4) is 0 Å². The van der Waals surface area contributed by atoms with Crippen molar-refractivity contribution in [2.24, 2.45) is 0 Å². The number of methoxy groups -OCH3 is 8. The van der Waals surface area contributed by atoms with Crippen LogP contribution >= 0.6 is 0 Å². The lowest BCUT2D eigenvalue weighted by Gasteiger charge is -2.50. The standard InChI is InChI=1S/C59H87N3O38S2/c1-80-37-30(19-20-60-51(67)29(62-59(73)89-25-28-17-13-10-14-18-28)21-61-58(72)88-24-27-15-11-9-12-16-27)91-33(26-90-101(74,75)76)39(45(37)100-102(77,78)79)95-57-50(87-8)41(83-4)43(46(99-57)52(68)69)96-54-35(66)34(65)36(31(22-63)92-54)94-56-49(86-7)42(84-5)44(47(98-56)53(70)71)97-55-48(85-6)40(82-3)38(81-2)32(23-64)93-55/h9-18,29-50,54-57,63-66H,19-26H2,1-8H3,(H,60,67)(H,61,72)(H,62,73)(H,68,69)(H,70,71)(H,74,75,76)(H,77,78,79)/t29-,30-,31-,32-,33-,34-,35-,36-,37+,38-,39-,40+,41+,42+,43+,44+,45-,46-,47+,48-,49-,50-,54-,55-,56-,57-/m1/s1. The van der Waals surface area contributed by atoms with E-state index >= 15 is 0 Å². The van der Waals surface area contributed by atoms with Gasteiger partial charge in [-0.2, -0.15) is 16.8 Å². The number of amides is 3. The van der Waals surface area contributed by atoms with Crippen LogP contribution < -0.4 is 16.0 Å². The molecule has 0 aliphatic carbocycles. The van der Waals surface area contributed by atoms with E-state index < -0.39 is 250 Å². The van der Waals surface area contributed by atoms with E-state index in [0.29, 0.717) is 11.1 Å². The number of carboxylic acid groups (broad SMARTS) is 2. The summed E-state index contributed by atoms with van der Waals surface area (Å²) in [7, 11) is -1.75. The Labute approximate surface area is 584 Å². The van der Waals surface area contributed by atoms with Crippen molar-refractivity contribution in [3.63, 3.8) is 0 Å². The van der Waals surface area contributed by atoms with Gasteiger partial charge in [-0.25, -0.2) is 27.5 Å². The van der Waals surface area contributed by atoms with Crippen LogP contribution in [0.25, 0.3) is 0 Å². The number of hydrogen-bond donors (Lipinski definition) is 11. The zero-order valence-corrected chi connectivity index (χ0v) is 57.7. The second kappa shape index (κ2) is 39.1. The smallest absolute Gasteiger partial charge is 0.408 e. The molecule has 102 heavy (non-hydrogen) atoms. The van der Waals surface area contributed by atoms with Crippen LogP contribution in [-0.4, -0.2) is 336 Å². The Morgan fingerprint density at radius 2 is 0.882 bits per heavy atom. The van der Waals surface area contributed by atoms with E-state index in [-0.39, 0.29) is 13.2 Å². The highest BCUT2D eigenvalue weighted by molar-refractivity contribution is 7.81. The fourth-order valence-electron chi connectivity index (χ4n) is 12.2. The Hall–Kier alpha value is -5.71. The molecular formula is C59H87N3O38S2. The number of ether oxygens (including phenoxy) is 19. The second-order valence-corrected chi connectivity index (χ2v) is 25.3. The minimum atomic E-state index is -5.64. The second-order valence-electron chi connectivity index (χ2n) is 23.2. The average molecular weight is 1510 g/mol. The molecule has 0 radical (unpaired) electrons. The van der Waals surface area contributed by atoms with Crippen molar-refractivity contribution in [1.29, 1.82) is 0 Å². The van der Waals surface area contributed by atoms with Crippen LogP contribution in [0.4, 0.5) is 9.59 Å². The summed E-state index contributed by atoms with van der Waals surface area (Å²) in [6.07, 6.45) is -46.6. The van der Waals surface area contributed by atoms with Crippen molar-refractivity contribution < 1.29 is 179 Å². The molecule has 43 heteroatoms. The molecule has 5 aliphatic heterocycles. The number of carbonyl (C=O) groups is 5. The molecule has 26 atom stereocenters. The molecule has 5 saturated heterocycles. The molecule has 5 heterocycles. The van der Waals surface area contributed by atoms with Gasteiger partial charge >= 0.3 is 44.9 Å². The first-order chi connectivity index (χ1) is 48.6. The van der Waals surface area contributed by atoms with Crippen LogP contribution in [-0.2, 0) is 147 Å². The Kier molecular flexibility index (Phi) is 32.0. The summed E-state index contributed by atoms with van der Waals surface area (Å²) in [6.45, 7) is -4.42. The fourth-order valence-corrected chi connectivity index (χ4v) is 13.0. The lowest BCUT2D eigenvalue weighted by molar-refractivity contribution is -0.390. The Morgan fingerprint density at radius 3 is 1.34 bits per heavy atom. The molecule has 0 unspecified atom stereocenters. The quantitative estimate of drug-likeness (QED) is 0.0289. The van der Waals surface area contributed by atoms with Gasteiger partial charge in [0.05, 0.1) is 32.5 Å². The highest BCUT2D eigenvalue weighted by Gasteiger charge is 2.60. The van der Waals surface area contributed by atoms with E-state index in [9.17, 15) is 80.6 Å². The minimum absolute atomic E-state index is 0.164. The maximum absolute atomic E-state index is 13.9. The number of carboxylic acids is 2. The number of benzene rings is 2. The molecule has 7 rings (SSSR count). The van der Waals surface area contributed by atoms with Crippen molar-refractivity contribution in [3.05, 3.63) is 71.8 Å². The maximum atomic E-state index is 13.9. The molecule has 11 N–H and O–H groups in total. The summed E-state index contributed by atoms with van der Waals surface area (Å²) in [4.78, 5) is 66.1. The molecule has 41 nitrogen and oxygen atoms in total. The van der Waals surface area contributed by atoms with Crippen LogP contribution in [0.1, 0.15) is 17.5 Å². The van der Waals surface area contributed by atoms with E-state index in [1.807, 2.05) is 0 Å². The highest BCUT2D eigenvalue weighted by atomic mass is 32.3. The number of hydrogen-bond acceptors (Lipinski definition) is 34. The van der Waals surface area contributed by atoms with E-state index in [1.54, 1.807) is 60.7 Å². The van der Waals surface area contributed by atoms with Gasteiger partial charge in [0.2, 0.25) is 5.91 Å².